The van der Waals surface area contributed by atoms with Gasteiger partial charge in [-0.15, -0.1) is 0 Å². The van der Waals surface area contributed by atoms with E-state index in [1.807, 2.05) is 28.0 Å². The average molecular weight is 397 g/mol. The monoisotopic (exact) mass is 397 g/mol. The number of piperazine rings is 1. The second kappa shape index (κ2) is 9.07. The molecule has 2 aliphatic heterocycles. The standard InChI is InChI=1S/C21H27N5O3/c27-20(25-12-10-24(11-13-25)19-5-1-2-8-23-19)7-6-17-4-3-9-26(15-17)21(28)18-14-22-16-29-18/h1-2,5,8,14,16-17H,3-4,6-7,9-13,15H2/t17-/m0/s1. The minimum absolute atomic E-state index is 0.107. The fraction of sp³-hybridized carbons (Fsp3) is 0.524. The van der Waals surface area contributed by atoms with E-state index in [1.165, 1.54) is 12.6 Å². The van der Waals surface area contributed by atoms with Crippen LogP contribution < -0.4 is 4.90 Å². The van der Waals surface area contributed by atoms with E-state index in [1.54, 1.807) is 6.20 Å². The molecule has 0 spiro atoms. The first-order valence-electron chi connectivity index (χ1n) is 10.3. The Labute approximate surface area is 170 Å². The lowest BCUT2D eigenvalue weighted by molar-refractivity contribution is -0.131. The summed E-state index contributed by atoms with van der Waals surface area (Å²) >= 11 is 0. The minimum Gasteiger partial charge on any atom is -0.438 e. The molecule has 2 aromatic heterocycles. The van der Waals surface area contributed by atoms with Gasteiger partial charge in [0, 0.05) is 51.9 Å². The maximum atomic E-state index is 12.7. The summed E-state index contributed by atoms with van der Waals surface area (Å²) in [6, 6.07) is 5.90. The van der Waals surface area contributed by atoms with E-state index in [-0.39, 0.29) is 17.6 Å². The van der Waals surface area contributed by atoms with Crippen LogP contribution in [0.1, 0.15) is 36.2 Å². The van der Waals surface area contributed by atoms with Gasteiger partial charge in [-0.05, 0) is 37.3 Å². The Kier molecular flexibility index (Phi) is 6.07. The number of piperidine rings is 1. The van der Waals surface area contributed by atoms with Crippen molar-refractivity contribution in [1.29, 1.82) is 0 Å². The summed E-state index contributed by atoms with van der Waals surface area (Å²) in [6.45, 7) is 4.50. The van der Waals surface area contributed by atoms with Crippen molar-refractivity contribution in [3.63, 3.8) is 0 Å². The van der Waals surface area contributed by atoms with E-state index in [9.17, 15) is 9.59 Å². The number of anilines is 1. The number of amides is 2. The third-order valence-electron chi connectivity index (χ3n) is 5.82. The van der Waals surface area contributed by atoms with Crippen LogP contribution in [0.5, 0.6) is 0 Å². The smallest absolute Gasteiger partial charge is 0.291 e. The predicted octanol–water partition coefficient (Wildman–Crippen LogP) is 2.05. The predicted molar refractivity (Wildman–Crippen MR) is 107 cm³/mol. The van der Waals surface area contributed by atoms with E-state index in [0.717, 1.165) is 57.8 Å². The van der Waals surface area contributed by atoms with Crippen LogP contribution in [0.25, 0.3) is 0 Å². The van der Waals surface area contributed by atoms with Crippen molar-refractivity contribution in [3.8, 4) is 0 Å². The molecule has 0 unspecified atom stereocenters. The first-order chi connectivity index (χ1) is 14.2. The molecule has 0 aromatic carbocycles. The summed E-state index contributed by atoms with van der Waals surface area (Å²) in [5, 5.41) is 0. The lowest BCUT2D eigenvalue weighted by Gasteiger charge is -2.36. The molecule has 0 N–H and O–H groups in total. The number of carbonyl (C=O) groups excluding carboxylic acids is 2. The zero-order chi connectivity index (χ0) is 20.1. The second-order valence-electron chi connectivity index (χ2n) is 7.72. The highest BCUT2D eigenvalue weighted by Crippen LogP contribution is 2.23. The van der Waals surface area contributed by atoms with Crippen LogP contribution in [0.15, 0.2) is 41.4 Å². The quantitative estimate of drug-likeness (QED) is 0.768. The highest BCUT2D eigenvalue weighted by atomic mass is 16.3. The molecule has 2 aromatic rings. The van der Waals surface area contributed by atoms with Gasteiger partial charge in [0.25, 0.3) is 5.91 Å². The van der Waals surface area contributed by atoms with Crippen molar-refractivity contribution in [1.82, 2.24) is 19.8 Å². The van der Waals surface area contributed by atoms with Gasteiger partial charge in [-0.25, -0.2) is 9.97 Å². The molecule has 0 saturated carbocycles. The number of oxazole rings is 1. The molecular formula is C21H27N5O3. The average Bonchev–Trinajstić information content (AvgIpc) is 3.33. The molecule has 8 nitrogen and oxygen atoms in total. The van der Waals surface area contributed by atoms with Crippen LogP contribution in [0.3, 0.4) is 0 Å². The number of pyridine rings is 1. The highest BCUT2D eigenvalue weighted by molar-refractivity contribution is 5.91. The molecule has 2 fully saturated rings. The Hall–Kier alpha value is -2.90. The second-order valence-corrected chi connectivity index (χ2v) is 7.72. The summed E-state index contributed by atoms with van der Waals surface area (Å²) in [6.07, 6.45) is 7.91. The van der Waals surface area contributed by atoms with E-state index >= 15 is 0 Å². The normalized spacial score (nSPS) is 20.0. The van der Waals surface area contributed by atoms with Gasteiger partial charge in [0.05, 0.1) is 6.20 Å². The Morgan fingerprint density at radius 3 is 2.69 bits per heavy atom. The number of hydrogen-bond donors (Lipinski definition) is 0. The van der Waals surface area contributed by atoms with Gasteiger partial charge in [0.2, 0.25) is 11.7 Å². The van der Waals surface area contributed by atoms with Gasteiger partial charge in [0.1, 0.15) is 5.82 Å². The fourth-order valence-corrected chi connectivity index (χ4v) is 4.17. The molecule has 0 aliphatic carbocycles. The van der Waals surface area contributed by atoms with Gasteiger partial charge < -0.3 is 19.1 Å². The summed E-state index contributed by atoms with van der Waals surface area (Å²) in [4.78, 5) is 39.3. The molecule has 4 rings (SSSR count). The van der Waals surface area contributed by atoms with Gasteiger partial charge in [-0.2, -0.15) is 0 Å². The number of aromatic nitrogens is 2. The number of hydrogen-bond acceptors (Lipinski definition) is 6. The van der Waals surface area contributed by atoms with Crippen molar-refractivity contribution in [2.24, 2.45) is 5.92 Å². The van der Waals surface area contributed by atoms with Gasteiger partial charge in [0.15, 0.2) is 6.39 Å². The van der Waals surface area contributed by atoms with E-state index in [4.69, 9.17) is 4.42 Å². The van der Waals surface area contributed by atoms with Crippen LogP contribution >= 0.6 is 0 Å². The summed E-state index contributed by atoms with van der Waals surface area (Å²) < 4.78 is 5.13. The Morgan fingerprint density at radius 1 is 1.10 bits per heavy atom. The number of rotatable bonds is 5. The molecular weight excluding hydrogens is 370 g/mol. The van der Waals surface area contributed by atoms with Crippen molar-refractivity contribution >= 4 is 17.6 Å². The van der Waals surface area contributed by atoms with Crippen LogP contribution in [-0.2, 0) is 4.79 Å². The first-order valence-corrected chi connectivity index (χ1v) is 10.3. The topological polar surface area (TPSA) is 82.8 Å². The molecule has 154 valence electrons. The third kappa shape index (κ3) is 4.75. The Balaban J connectivity index is 1.22. The van der Waals surface area contributed by atoms with Crippen molar-refractivity contribution in [2.75, 3.05) is 44.2 Å². The highest BCUT2D eigenvalue weighted by Gasteiger charge is 2.27. The third-order valence-corrected chi connectivity index (χ3v) is 5.82. The number of carbonyl (C=O) groups is 2. The van der Waals surface area contributed by atoms with E-state index in [0.29, 0.717) is 18.9 Å². The number of likely N-dealkylation sites (tertiary alicyclic amines) is 1. The van der Waals surface area contributed by atoms with Crippen molar-refractivity contribution < 1.29 is 14.0 Å². The molecule has 29 heavy (non-hydrogen) atoms. The molecule has 4 heterocycles. The van der Waals surface area contributed by atoms with Crippen LogP contribution in [0, 0.1) is 5.92 Å². The summed E-state index contributed by atoms with van der Waals surface area (Å²) in [7, 11) is 0. The maximum Gasteiger partial charge on any atom is 0.291 e. The molecule has 2 amide bonds. The summed E-state index contributed by atoms with van der Waals surface area (Å²) in [5.41, 5.74) is 0. The van der Waals surface area contributed by atoms with Gasteiger partial charge >= 0.3 is 0 Å². The van der Waals surface area contributed by atoms with Crippen molar-refractivity contribution in [2.45, 2.75) is 25.7 Å². The lowest BCUT2D eigenvalue weighted by atomic mass is 9.93. The zero-order valence-corrected chi connectivity index (χ0v) is 16.6. The molecule has 2 saturated heterocycles. The molecule has 0 bridgehead atoms. The fourth-order valence-electron chi connectivity index (χ4n) is 4.17. The van der Waals surface area contributed by atoms with Gasteiger partial charge in [-0.3, -0.25) is 9.59 Å². The molecule has 1 atom stereocenters. The zero-order valence-electron chi connectivity index (χ0n) is 16.6. The van der Waals surface area contributed by atoms with Crippen molar-refractivity contribution in [3.05, 3.63) is 42.7 Å². The van der Waals surface area contributed by atoms with Gasteiger partial charge in [-0.1, -0.05) is 6.07 Å². The largest absolute Gasteiger partial charge is 0.438 e. The Bertz CT molecular complexity index is 803. The van der Waals surface area contributed by atoms with Crippen LogP contribution in [-0.4, -0.2) is 70.9 Å². The minimum atomic E-state index is -0.107. The lowest BCUT2D eigenvalue weighted by Crippen LogP contribution is -2.49. The SMILES string of the molecule is O=C(CC[C@@H]1CCCN(C(=O)c2cnco2)C1)N1CCN(c2ccccn2)CC1. The Morgan fingerprint density at radius 2 is 1.97 bits per heavy atom. The van der Waals surface area contributed by atoms with E-state index < -0.39 is 0 Å². The summed E-state index contributed by atoms with van der Waals surface area (Å²) in [5.74, 6) is 1.72. The van der Waals surface area contributed by atoms with Crippen LogP contribution in [0.2, 0.25) is 0 Å². The van der Waals surface area contributed by atoms with E-state index in [2.05, 4.69) is 14.9 Å². The molecule has 0 radical (unpaired) electrons. The van der Waals surface area contributed by atoms with Crippen LogP contribution in [0.4, 0.5) is 5.82 Å². The maximum absolute atomic E-state index is 12.7. The number of nitrogens with zero attached hydrogens (tertiary/aromatic N) is 5. The first kappa shape index (κ1) is 19.4. The molecule has 2 aliphatic rings. The molecule has 8 heteroatoms.